The van der Waals surface area contributed by atoms with Crippen molar-refractivity contribution in [1.82, 2.24) is 20.2 Å². The first kappa shape index (κ1) is 21.8. The second-order valence-corrected chi connectivity index (χ2v) is 8.64. The van der Waals surface area contributed by atoms with Gasteiger partial charge in [0.2, 0.25) is 5.91 Å². The molecule has 0 saturated carbocycles. The van der Waals surface area contributed by atoms with Gasteiger partial charge in [0.05, 0.1) is 35.6 Å². The van der Waals surface area contributed by atoms with E-state index in [1.54, 1.807) is 12.5 Å². The van der Waals surface area contributed by atoms with E-state index < -0.39 is 5.41 Å². The highest BCUT2D eigenvalue weighted by Crippen LogP contribution is 2.34. The molecule has 3 aromatic rings. The second kappa shape index (κ2) is 9.80. The van der Waals surface area contributed by atoms with Gasteiger partial charge in [-0.05, 0) is 68.1 Å². The number of piperidine rings is 1. The number of carbonyl (C=O) groups excluding carboxylic acids is 1. The van der Waals surface area contributed by atoms with Crippen molar-refractivity contribution in [3.8, 4) is 6.07 Å². The number of amides is 1. The SMILES string of the molecule is Cc1ccccc1CC1(C(=O)NCc2cncn2Cc2ccc(C#N)cc2)CCNCC1. The molecule has 1 aliphatic rings. The molecule has 0 bridgehead atoms. The molecule has 2 N–H and O–H groups in total. The number of nitrogens with zero attached hydrogens (tertiary/aromatic N) is 3. The lowest BCUT2D eigenvalue weighted by Crippen LogP contribution is -2.49. The van der Waals surface area contributed by atoms with E-state index in [9.17, 15) is 4.79 Å². The van der Waals surface area contributed by atoms with Crippen LogP contribution in [0.4, 0.5) is 0 Å². The van der Waals surface area contributed by atoms with E-state index in [2.05, 4.69) is 46.8 Å². The van der Waals surface area contributed by atoms with Crippen molar-refractivity contribution in [3.63, 3.8) is 0 Å². The molecule has 2 heterocycles. The fourth-order valence-corrected chi connectivity index (χ4v) is 4.44. The van der Waals surface area contributed by atoms with Crippen molar-refractivity contribution in [2.45, 2.75) is 39.3 Å². The molecule has 1 aliphatic heterocycles. The predicted molar refractivity (Wildman–Crippen MR) is 124 cm³/mol. The molecule has 0 unspecified atom stereocenters. The van der Waals surface area contributed by atoms with E-state index in [0.717, 1.165) is 43.6 Å². The summed E-state index contributed by atoms with van der Waals surface area (Å²) in [5, 5.41) is 15.6. The van der Waals surface area contributed by atoms with E-state index in [-0.39, 0.29) is 5.91 Å². The summed E-state index contributed by atoms with van der Waals surface area (Å²) in [6.45, 7) is 4.92. The van der Waals surface area contributed by atoms with Gasteiger partial charge in [0, 0.05) is 12.7 Å². The zero-order chi connectivity index (χ0) is 22.4. The van der Waals surface area contributed by atoms with Crippen LogP contribution in [0.3, 0.4) is 0 Å². The number of nitrogens with one attached hydrogen (secondary N) is 2. The van der Waals surface area contributed by atoms with Crippen LogP contribution >= 0.6 is 0 Å². The lowest BCUT2D eigenvalue weighted by Gasteiger charge is -2.36. The molecule has 0 spiro atoms. The fourth-order valence-electron chi connectivity index (χ4n) is 4.44. The Kier molecular flexibility index (Phi) is 6.67. The Morgan fingerprint density at radius 2 is 1.94 bits per heavy atom. The van der Waals surface area contributed by atoms with Gasteiger partial charge in [-0.1, -0.05) is 36.4 Å². The molecule has 1 saturated heterocycles. The van der Waals surface area contributed by atoms with Crippen LogP contribution < -0.4 is 10.6 Å². The molecule has 1 amide bonds. The third kappa shape index (κ3) is 4.90. The number of hydrogen-bond acceptors (Lipinski definition) is 4. The smallest absolute Gasteiger partial charge is 0.226 e. The Labute approximate surface area is 189 Å². The third-order valence-corrected chi connectivity index (χ3v) is 6.50. The molecule has 0 atom stereocenters. The van der Waals surface area contributed by atoms with Gasteiger partial charge in [-0.25, -0.2) is 4.98 Å². The maximum Gasteiger partial charge on any atom is 0.226 e. The molecular weight excluding hydrogens is 398 g/mol. The molecule has 6 nitrogen and oxygen atoms in total. The van der Waals surface area contributed by atoms with Crippen LogP contribution in [-0.2, 0) is 24.3 Å². The Morgan fingerprint density at radius 3 is 2.66 bits per heavy atom. The van der Waals surface area contributed by atoms with Crippen LogP contribution in [0.15, 0.2) is 61.1 Å². The first-order valence-corrected chi connectivity index (χ1v) is 11.1. The monoisotopic (exact) mass is 427 g/mol. The van der Waals surface area contributed by atoms with E-state index >= 15 is 0 Å². The first-order valence-electron chi connectivity index (χ1n) is 11.1. The molecule has 164 valence electrons. The number of rotatable bonds is 7. The predicted octanol–water partition coefficient (Wildman–Crippen LogP) is 3.34. The second-order valence-electron chi connectivity index (χ2n) is 8.64. The van der Waals surface area contributed by atoms with Crippen LogP contribution in [0.5, 0.6) is 0 Å². The molecule has 4 rings (SSSR count). The van der Waals surface area contributed by atoms with Crippen LogP contribution in [0.25, 0.3) is 0 Å². The van der Waals surface area contributed by atoms with E-state index in [4.69, 9.17) is 5.26 Å². The van der Waals surface area contributed by atoms with Crippen LogP contribution in [0.2, 0.25) is 0 Å². The molecule has 0 radical (unpaired) electrons. The Hall–Kier alpha value is -3.43. The Bertz CT molecular complexity index is 1100. The number of carbonyl (C=O) groups is 1. The molecule has 0 aliphatic carbocycles. The van der Waals surface area contributed by atoms with Crippen molar-refractivity contribution >= 4 is 5.91 Å². The van der Waals surface area contributed by atoms with Gasteiger partial charge in [-0.15, -0.1) is 0 Å². The average molecular weight is 428 g/mol. The van der Waals surface area contributed by atoms with Gasteiger partial charge in [0.25, 0.3) is 0 Å². The van der Waals surface area contributed by atoms with Crippen LogP contribution in [0, 0.1) is 23.7 Å². The van der Waals surface area contributed by atoms with Gasteiger partial charge >= 0.3 is 0 Å². The summed E-state index contributed by atoms with van der Waals surface area (Å²) in [7, 11) is 0. The average Bonchev–Trinajstić information content (AvgIpc) is 3.27. The van der Waals surface area contributed by atoms with Gasteiger partial charge in [-0.2, -0.15) is 5.26 Å². The highest BCUT2D eigenvalue weighted by molar-refractivity contribution is 5.83. The fraction of sp³-hybridized carbons (Fsp3) is 0.346. The summed E-state index contributed by atoms with van der Waals surface area (Å²) < 4.78 is 2.04. The lowest BCUT2D eigenvalue weighted by atomic mass is 9.73. The van der Waals surface area contributed by atoms with Crippen molar-refractivity contribution in [1.29, 1.82) is 5.26 Å². The minimum atomic E-state index is -0.394. The highest BCUT2D eigenvalue weighted by atomic mass is 16.2. The quantitative estimate of drug-likeness (QED) is 0.606. The topological polar surface area (TPSA) is 82.7 Å². The first-order chi connectivity index (χ1) is 15.6. The van der Waals surface area contributed by atoms with E-state index in [0.29, 0.717) is 18.7 Å². The van der Waals surface area contributed by atoms with Crippen molar-refractivity contribution < 1.29 is 4.79 Å². The number of aryl methyl sites for hydroxylation is 1. The van der Waals surface area contributed by atoms with Gasteiger partial charge < -0.3 is 15.2 Å². The Balaban J connectivity index is 1.45. The standard InChI is InChI=1S/C26H29N5O/c1-20-4-2-3-5-23(20)14-26(10-12-28-13-11-26)25(32)30-17-24-16-29-19-31(24)18-22-8-6-21(15-27)7-9-22/h2-9,16,19,28H,10-14,17-18H2,1H3,(H,30,32). The van der Waals surface area contributed by atoms with E-state index in [1.807, 2.05) is 34.9 Å². The molecular formula is C26H29N5O. The molecule has 2 aromatic carbocycles. The summed E-state index contributed by atoms with van der Waals surface area (Å²) in [4.78, 5) is 17.8. The van der Waals surface area contributed by atoms with E-state index in [1.165, 1.54) is 11.1 Å². The van der Waals surface area contributed by atoms with Crippen molar-refractivity contribution in [3.05, 3.63) is 89.0 Å². The summed E-state index contributed by atoms with van der Waals surface area (Å²) in [5.41, 5.74) is 4.78. The molecule has 1 aromatic heterocycles. The lowest BCUT2D eigenvalue weighted by molar-refractivity contribution is -0.132. The molecule has 1 fully saturated rings. The summed E-state index contributed by atoms with van der Waals surface area (Å²) in [6.07, 6.45) is 6.01. The van der Waals surface area contributed by atoms with Gasteiger partial charge in [-0.3, -0.25) is 4.79 Å². The summed E-state index contributed by atoms with van der Waals surface area (Å²) >= 11 is 0. The number of benzene rings is 2. The maximum atomic E-state index is 13.5. The highest BCUT2D eigenvalue weighted by Gasteiger charge is 2.39. The number of nitriles is 1. The minimum Gasteiger partial charge on any atom is -0.350 e. The maximum absolute atomic E-state index is 13.5. The normalized spacial score (nSPS) is 15.1. The summed E-state index contributed by atoms with van der Waals surface area (Å²) in [6, 6.07) is 18.0. The number of imidazole rings is 1. The zero-order valence-electron chi connectivity index (χ0n) is 18.5. The van der Waals surface area contributed by atoms with Crippen LogP contribution in [-0.4, -0.2) is 28.5 Å². The van der Waals surface area contributed by atoms with Crippen molar-refractivity contribution in [2.75, 3.05) is 13.1 Å². The molecule has 6 heteroatoms. The van der Waals surface area contributed by atoms with Crippen molar-refractivity contribution in [2.24, 2.45) is 5.41 Å². The largest absolute Gasteiger partial charge is 0.350 e. The van der Waals surface area contributed by atoms with Crippen LogP contribution in [0.1, 0.15) is 40.8 Å². The minimum absolute atomic E-state index is 0.119. The zero-order valence-corrected chi connectivity index (χ0v) is 18.5. The molecule has 32 heavy (non-hydrogen) atoms. The summed E-state index contributed by atoms with van der Waals surface area (Å²) in [5.74, 6) is 0.119. The Morgan fingerprint density at radius 1 is 1.19 bits per heavy atom. The van der Waals surface area contributed by atoms with Gasteiger partial charge in [0.15, 0.2) is 0 Å². The van der Waals surface area contributed by atoms with Gasteiger partial charge in [0.1, 0.15) is 0 Å². The number of aromatic nitrogens is 2. The number of hydrogen-bond donors (Lipinski definition) is 2. The third-order valence-electron chi connectivity index (χ3n) is 6.50.